The highest BCUT2D eigenvalue weighted by Crippen LogP contribution is 2.30. The van der Waals surface area contributed by atoms with E-state index in [1.165, 1.54) is 4.90 Å². The Morgan fingerprint density at radius 1 is 1.12 bits per heavy atom. The smallest absolute Gasteiger partial charge is 0.374 e. The normalized spacial score (nSPS) is 25.1. The molecule has 1 aromatic rings. The lowest BCUT2D eigenvalue weighted by Crippen LogP contribution is -2.57. The Hall–Kier alpha value is -3.47. The number of hydrogen-bond acceptors (Lipinski definition) is 7. The number of carbonyl (C=O) groups excluding carboxylic acids is 4. The van der Waals surface area contributed by atoms with Gasteiger partial charge in [-0.25, -0.2) is 4.79 Å². The predicted molar refractivity (Wildman–Crippen MR) is 148 cm³/mol. The van der Waals surface area contributed by atoms with Crippen molar-refractivity contribution in [1.29, 1.82) is 0 Å². The molecule has 41 heavy (non-hydrogen) atoms. The fraction of sp³-hybridized carbons (Fsp3) is 0.633. The second kappa shape index (κ2) is 14.4. The van der Waals surface area contributed by atoms with E-state index in [-0.39, 0.29) is 43.5 Å². The molecule has 11 nitrogen and oxygen atoms in total. The first-order valence-electron chi connectivity index (χ1n) is 14.8. The largest absolute Gasteiger partial charge is 0.493 e. The molecule has 0 radical (unpaired) electrons. The van der Waals surface area contributed by atoms with Crippen molar-refractivity contribution in [2.45, 2.75) is 95.4 Å². The molecular formula is C30H41N3O8. The molecule has 2 fully saturated rings. The van der Waals surface area contributed by atoms with Crippen LogP contribution in [0.15, 0.2) is 24.3 Å². The van der Waals surface area contributed by atoms with Gasteiger partial charge in [-0.05, 0) is 42.9 Å². The van der Waals surface area contributed by atoms with Gasteiger partial charge in [-0.1, -0.05) is 44.7 Å². The first kappa shape index (κ1) is 30.5. The van der Waals surface area contributed by atoms with Crippen molar-refractivity contribution in [3.8, 4) is 5.75 Å². The molecule has 4 atom stereocenters. The summed E-state index contributed by atoms with van der Waals surface area (Å²) in [5.41, 5.74) is 0.766. The van der Waals surface area contributed by atoms with Gasteiger partial charge in [0, 0.05) is 19.4 Å². The minimum absolute atomic E-state index is 0.0705. The van der Waals surface area contributed by atoms with Crippen LogP contribution in [-0.2, 0) is 35.1 Å². The average Bonchev–Trinajstić information content (AvgIpc) is 3.39. The van der Waals surface area contributed by atoms with Crippen LogP contribution in [0, 0.1) is 5.92 Å². The van der Waals surface area contributed by atoms with Gasteiger partial charge in [0.05, 0.1) is 31.8 Å². The van der Waals surface area contributed by atoms with Gasteiger partial charge < -0.3 is 30.1 Å². The zero-order chi connectivity index (χ0) is 29.4. The zero-order valence-electron chi connectivity index (χ0n) is 23.6. The number of nitrogens with one attached hydrogen (secondary N) is 2. The standard InChI is InChI=1S/C30H41N3O8/c1-2-8-23(27(35)30(38)39)31-28(36)24-17-22-18-33(24)29(37)26(20-10-4-3-5-11-20)32-25(34)16-19-9-6-12-21(15-19)40-13-7-14-41-22/h6,9,12,15,20,22-24,26H,2-5,7-8,10-11,13-14,16-18H2,1H3,(H,31,36)(H,32,34)(H,38,39)/t22-,23?,24+,26+/m1/s1. The summed E-state index contributed by atoms with van der Waals surface area (Å²) in [7, 11) is 0. The molecule has 2 heterocycles. The third-order valence-electron chi connectivity index (χ3n) is 8.15. The number of carboxylic acids is 1. The second-order valence-corrected chi connectivity index (χ2v) is 11.2. The third-order valence-corrected chi connectivity index (χ3v) is 8.15. The highest BCUT2D eigenvalue weighted by atomic mass is 16.5. The van der Waals surface area contributed by atoms with Gasteiger partial charge in [-0.2, -0.15) is 0 Å². The lowest BCUT2D eigenvalue weighted by molar-refractivity contribution is -0.151. The van der Waals surface area contributed by atoms with Crippen LogP contribution >= 0.6 is 0 Å². The fourth-order valence-corrected chi connectivity index (χ4v) is 6.07. The summed E-state index contributed by atoms with van der Waals surface area (Å²) >= 11 is 0. The SMILES string of the molecule is CCCC(NC(=O)[C@@H]1C[C@@H]2CN1C(=O)[C@H](C1CCCCC1)NC(=O)Cc1cccc(c1)OCCCO2)C(=O)C(=O)O. The van der Waals surface area contributed by atoms with Gasteiger partial charge in [-0.3, -0.25) is 19.2 Å². The maximum absolute atomic E-state index is 14.2. The fourth-order valence-electron chi connectivity index (χ4n) is 6.07. The number of aliphatic carboxylic acids is 1. The number of amides is 3. The molecule has 1 saturated heterocycles. The minimum Gasteiger partial charge on any atom is -0.493 e. The quantitative estimate of drug-likeness (QED) is 0.421. The van der Waals surface area contributed by atoms with E-state index in [0.717, 1.165) is 37.7 Å². The molecule has 3 aliphatic rings. The van der Waals surface area contributed by atoms with Crippen LogP contribution in [0.5, 0.6) is 5.75 Å². The molecule has 2 aliphatic heterocycles. The summed E-state index contributed by atoms with van der Waals surface area (Å²) in [6.45, 7) is 2.70. The van der Waals surface area contributed by atoms with Gasteiger partial charge in [0.25, 0.3) is 5.78 Å². The van der Waals surface area contributed by atoms with E-state index in [0.29, 0.717) is 31.8 Å². The Balaban J connectivity index is 1.61. The molecule has 4 bridgehead atoms. The maximum Gasteiger partial charge on any atom is 0.374 e. The van der Waals surface area contributed by atoms with Crippen molar-refractivity contribution in [2.75, 3.05) is 19.8 Å². The highest BCUT2D eigenvalue weighted by Gasteiger charge is 2.45. The Kier molecular flexibility index (Phi) is 10.7. The summed E-state index contributed by atoms with van der Waals surface area (Å²) in [6, 6.07) is 4.37. The highest BCUT2D eigenvalue weighted by molar-refractivity contribution is 6.35. The van der Waals surface area contributed by atoms with E-state index in [4.69, 9.17) is 9.47 Å². The van der Waals surface area contributed by atoms with Crippen LogP contribution in [-0.4, -0.2) is 83.5 Å². The van der Waals surface area contributed by atoms with Crippen molar-refractivity contribution < 1.29 is 38.6 Å². The van der Waals surface area contributed by atoms with Crippen LogP contribution < -0.4 is 15.4 Å². The Morgan fingerprint density at radius 2 is 1.90 bits per heavy atom. The van der Waals surface area contributed by atoms with Crippen molar-refractivity contribution >= 4 is 29.5 Å². The number of benzene rings is 1. The van der Waals surface area contributed by atoms with Crippen molar-refractivity contribution in [2.24, 2.45) is 5.92 Å². The molecule has 1 aliphatic carbocycles. The summed E-state index contributed by atoms with van der Waals surface area (Å²) in [6.07, 6.45) is 5.64. The van der Waals surface area contributed by atoms with E-state index in [1.807, 2.05) is 24.3 Å². The summed E-state index contributed by atoms with van der Waals surface area (Å²) in [4.78, 5) is 66.0. The number of nitrogens with zero attached hydrogens (tertiary/aromatic N) is 1. The molecule has 1 aromatic carbocycles. The number of fused-ring (bicyclic) bond motifs is 4. The van der Waals surface area contributed by atoms with E-state index in [1.54, 1.807) is 6.92 Å². The number of Topliss-reactive ketones (excluding diaryl/α,β-unsaturated/α-hetero) is 1. The van der Waals surface area contributed by atoms with Crippen LogP contribution in [0.1, 0.15) is 70.3 Å². The molecule has 0 aromatic heterocycles. The van der Waals surface area contributed by atoms with Gasteiger partial charge >= 0.3 is 5.97 Å². The zero-order valence-corrected chi connectivity index (χ0v) is 23.6. The molecule has 1 saturated carbocycles. The number of ether oxygens (including phenoxy) is 2. The molecular weight excluding hydrogens is 530 g/mol. The minimum atomic E-state index is -1.62. The van der Waals surface area contributed by atoms with E-state index < -0.39 is 41.9 Å². The molecule has 1 unspecified atom stereocenters. The van der Waals surface area contributed by atoms with Crippen LogP contribution in [0.25, 0.3) is 0 Å². The molecule has 3 amide bonds. The summed E-state index contributed by atoms with van der Waals surface area (Å²) in [5.74, 6) is -3.36. The maximum atomic E-state index is 14.2. The summed E-state index contributed by atoms with van der Waals surface area (Å²) in [5, 5.41) is 14.8. The monoisotopic (exact) mass is 571 g/mol. The predicted octanol–water partition coefficient (Wildman–Crippen LogP) is 2.00. The van der Waals surface area contributed by atoms with Gasteiger partial charge in [-0.15, -0.1) is 0 Å². The van der Waals surface area contributed by atoms with Crippen LogP contribution in [0.2, 0.25) is 0 Å². The Labute approximate surface area is 240 Å². The van der Waals surface area contributed by atoms with Crippen molar-refractivity contribution in [1.82, 2.24) is 15.5 Å². The Bertz CT molecular complexity index is 1120. The van der Waals surface area contributed by atoms with Crippen molar-refractivity contribution in [3.63, 3.8) is 0 Å². The topological polar surface area (TPSA) is 151 Å². The molecule has 4 rings (SSSR count). The number of ketones is 1. The second-order valence-electron chi connectivity index (χ2n) is 11.2. The van der Waals surface area contributed by atoms with Gasteiger partial charge in [0.2, 0.25) is 17.7 Å². The van der Waals surface area contributed by atoms with E-state index >= 15 is 0 Å². The molecule has 3 N–H and O–H groups in total. The lowest BCUT2D eigenvalue weighted by atomic mass is 9.83. The Morgan fingerprint density at radius 3 is 2.63 bits per heavy atom. The van der Waals surface area contributed by atoms with E-state index in [9.17, 15) is 29.1 Å². The van der Waals surface area contributed by atoms with Gasteiger partial charge in [0.1, 0.15) is 17.8 Å². The molecule has 224 valence electrons. The van der Waals surface area contributed by atoms with Crippen LogP contribution in [0.3, 0.4) is 0 Å². The summed E-state index contributed by atoms with van der Waals surface area (Å²) < 4.78 is 11.9. The number of hydrogen-bond donors (Lipinski definition) is 3. The van der Waals surface area contributed by atoms with E-state index in [2.05, 4.69) is 10.6 Å². The van der Waals surface area contributed by atoms with Crippen molar-refractivity contribution in [3.05, 3.63) is 29.8 Å². The first-order valence-corrected chi connectivity index (χ1v) is 14.8. The lowest BCUT2D eigenvalue weighted by Gasteiger charge is -2.35. The molecule has 11 heteroatoms. The average molecular weight is 572 g/mol. The number of rotatable bonds is 7. The number of carboxylic acid groups (broad SMARTS) is 1. The number of carbonyl (C=O) groups is 5. The third kappa shape index (κ3) is 8.06. The first-order chi connectivity index (χ1) is 19.8. The molecule has 0 spiro atoms. The van der Waals surface area contributed by atoms with Gasteiger partial charge in [0.15, 0.2) is 0 Å². The van der Waals surface area contributed by atoms with Crippen LogP contribution in [0.4, 0.5) is 0 Å².